The van der Waals surface area contributed by atoms with Crippen LogP contribution in [0.5, 0.6) is 0 Å². The highest BCUT2D eigenvalue weighted by Gasteiger charge is 2.16. The summed E-state index contributed by atoms with van der Waals surface area (Å²) < 4.78 is 2.21. The molecule has 0 fully saturated rings. The maximum atomic E-state index is 4.77. The Kier molecular flexibility index (Phi) is 4.82. The van der Waals surface area contributed by atoms with E-state index in [4.69, 9.17) is 4.98 Å². The van der Waals surface area contributed by atoms with Gasteiger partial charge in [0.25, 0.3) is 0 Å². The lowest BCUT2D eigenvalue weighted by atomic mass is 10.3. The lowest BCUT2D eigenvalue weighted by molar-refractivity contribution is 0.578. The van der Waals surface area contributed by atoms with Gasteiger partial charge in [-0.05, 0) is 6.42 Å². The summed E-state index contributed by atoms with van der Waals surface area (Å²) in [6.45, 7) is 8.50. The molecule has 106 valence electrons. The molecular formula is C14H24N4S. The van der Waals surface area contributed by atoms with Crippen molar-refractivity contribution >= 4 is 22.1 Å². The van der Waals surface area contributed by atoms with E-state index in [2.05, 4.69) is 54.0 Å². The van der Waals surface area contributed by atoms with Gasteiger partial charge >= 0.3 is 0 Å². The minimum Gasteiger partial charge on any atom is -0.358 e. The van der Waals surface area contributed by atoms with Crippen molar-refractivity contribution in [2.45, 2.75) is 46.2 Å². The van der Waals surface area contributed by atoms with Gasteiger partial charge in [0.05, 0.1) is 5.69 Å². The molecule has 2 rings (SSSR count). The Hall–Kier alpha value is -1.07. The summed E-state index contributed by atoms with van der Waals surface area (Å²) >= 11 is 1.70. The van der Waals surface area contributed by atoms with Gasteiger partial charge in [-0.15, -0.1) is 11.3 Å². The third-order valence-electron chi connectivity index (χ3n) is 3.23. The van der Waals surface area contributed by atoms with Crippen molar-refractivity contribution in [2.75, 3.05) is 18.5 Å². The van der Waals surface area contributed by atoms with Crippen molar-refractivity contribution < 1.29 is 0 Å². The Morgan fingerprint density at radius 3 is 2.95 bits per heavy atom. The third kappa shape index (κ3) is 3.28. The molecule has 5 heteroatoms. The first-order chi connectivity index (χ1) is 9.13. The normalized spacial score (nSPS) is 11.6. The van der Waals surface area contributed by atoms with Gasteiger partial charge < -0.3 is 10.2 Å². The molecule has 0 aliphatic carbocycles. The van der Waals surface area contributed by atoms with E-state index >= 15 is 0 Å². The quantitative estimate of drug-likeness (QED) is 0.846. The smallest absolute Gasteiger partial charge is 0.195 e. The van der Waals surface area contributed by atoms with Gasteiger partial charge in [0.1, 0.15) is 0 Å². The van der Waals surface area contributed by atoms with Crippen LogP contribution in [0.1, 0.15) is 39.3 Å². The van der Waals surface area contributed by atoms with Crippen LogP contribution >= 0.6 is 11.3 Å². The first-order valence-electron chi connectivity index (χ1n) is 7.02. The van der Waals surface area contributed by atoms with Crippen molar-refractivity contribution in [3.63, 3.8) is 0 Å². The van der Waals surface area contributed by atoms with Crippen LogP contribution in [0, 0.1) is 0 Å². The third-order valence-corrected chi connectivity index (χ3v) is 3.98. The minimum absolute atomic E-state index is 0.484. The molecular weight excluding hydrogens is 256 g/mol. The molecule has 0 amide bonds. The van der Waals surface area contributed by atoms with E-state index in [1.165, 1.54) is 18.5 Å². The van der Waals surface area contributed by atoms with Crippen LogP contribution in [0.4, 0.5) is 5.82 Å². The molecule has 0 atom stereocenters. The van der Waals surface area contributed by atoms with E-state index in [-0.39, 0.29) is 0 Å². The highest BCUT2D eigenvalue weighted by atomic mass is 32.1. The highest BCUT2D eigenvalue weighted by Crippen LogP contribution is 2.24. The van der Waals surface area contributed by atoms with Crippen molar-refractivity contribution in [1.82, 2.24) is 14.7 Å². The van der Waals surface area contributed by atoms with Crippen molar-refractivity contribution in [3.8, 4) is 0 Å². The van der Waals surface area contributed by atoms with E-state index < -0.39 is 0 Å². The van der Waals surface area contributed by atoms with Crippen LogP contribution in [0.3, 0.4) is 0 Å². The predicted molar refractivity (Wildman–Crippen MR) is 83.2 cm³/mol. The van der Waals surface area contributed by atoms with Crippen LogP contribution in [-0.2, 0) is 6.54 Å². The summed E-state index contributed by atoms with van der Waals surface area (Å²) in [7, 11) is 2.14. The standard InChI is InChI=1S/C14H24N4S/c1-5-6-7-17(4)13-12(10-15-11(2)3)18-8-9-19-14(18)16-13/h8-9,11,15H,5-7,10H2,1-4H3. The highest BCUT2D eigenvalue weighted by molar-refractivity contribution is 7.15. The number of imidazole rings is 1. The van der Waals surface area contributed by atoms with Gasteiger partial charge in [-0.3, -0.25) is 4.40 Å². The molecule has 2 heterocycles. The molecule has 19 heavy (non-hydrogen) atoms. The molecule has 0 aliphatic heterocycles. The lowest BCUT2D eigenvalue weighted by Gasteiger charge is -2.18. The van der Waals surface area contributed by atoms with Crippen LogP contribution in [0.2, 0.25) is 0 Å². The van der Waals surface area contributed by atoms with Crippen LogP contribution in [-0.4, -0.2) is 29.0 Å². The second-order valence-electron chi connectivity index (χ2n) is 5.25. The van der Waals surface area contributed by atoms with Gasteiger partial charge in [-0.25, -0.2) is 4.98 Å². The molecule has 0 aliphatic rings. The monoisotopic (exact) mass is 280 g/mol. The van der Waals surface area contributed by atoms with Gasteiger partial charge in [-0.2, -0.15) is 0 Å². The Bertz CT molecular complexity index is 514. The topological polar surface area (TPSA) is 32.6 Å². The molecule has 2 aromatic heterocycles. The summed E-state index contributed by atoms with van der Waals surface area (Å²) in [6.07, 6.45) is 4.53. The van der Waals surface area contributed by atoms with Crippen LogP contribution < -0.4 is 10.2 Å². The number of thiazole rings is 1. The number of aromatic nitrogens is 2. The van der Waals surface area contributed by atoms with Crippen molar-refractivity contribution in [2.24, 2.45) is 0 Å². The van der Waals surface area contributed by atoms with Gasteiger partial charge in [0.2, 0.25) is 0 Å². The number of nitrogens with zero attached hydrogens (tertiary/aromatic N) is 3. The van der Waals surface area contributed by atoms with E-state index in [1.807, 2.05) is 0 Å². The summed E-state index contributed by atoms with van der Waals surface area (Å²) in [6, 6.07) is 0.484. The Balaban J connectivity index is 2.25. The molecule has 2 aromatic rings. The molecule has 0 radical (unpaired) electrons. The zero-order valence-corrected chi connectivity index (χ0v) is 13.1. The average molecular weight is 280 g/mol. The van der Waals surface area contributed by atoms with Crippen molar-refractivity contribution in [1.29, 1.82) is 0 Å². The summed E-state index contributed by atoms with van der Waals surface area (Å²) in [5.41, 5.74) is 1.27. The zero-order chi connectivity index (χ0) is 13.8. The maximum absolute atomic E-state index is 4.77. The fourth-order valence-electron chi connectivity index (χ4n) is 2.09. The van der Waals surface area contributed by atoms with Crippen molar-refractivity contribution in [3.05, 3.63) is 17.3 Å². The Labute approximate surface area is 119 Å². The number of fused-ring (bicyclic) bond motifs is 1. The van der Waals surface area contributed by atoms with Crippen LogP contribution in [0.15, 0.2) is 11.6 Å². The molecule has 0 spiro atoms. The largest absolute Gasteiger partial charge is 0.358 e. The second-order valence-corrected chi connectivity index (χ2v) is 6.12. The summed E-state index contributed by atoms with van der Waals surface area (Å²) in [5.74, 6) is 1.12. The Morgan fingerprint density at radius 2 is 2.26 bits per heavy atom. The van der Waals surface area contributed by atoms with E-state index in [0.717, 1.165) is 23.9 Å². The SMILES string of the molecule is CCCCN(C)c1nc2sccn2c1CNC(C)C. The molecule has 0 unspecified atom stereocenters. The molecule has 1 N–H and O–H groups in total. The number of hydrogen-bond donors (Lipinski definition) is 1. The molecule has 0 saturated carbocycles. The average Bonchev–Trinajstić information content (AvgIpc) is 2.93. The van der Waals surface area contributed by atoms with Gasteiger partial charge in [0.15, 0.2) is 10.8 Å². The fourth-order valence-corrected chi connectivity index (χ4v) is 2.82. The number of rotatable bonds is 7. The second kappa shape index (κ2) is 6.39. The molecule has 0 aromatic carbocycles. The van der Waals surface area contributed by atoms with E-state index in [1.54, 1.807) is 11.3 Å². The molecule has 4 nitrogen and oxygen atoms in total. The number of nitrogens with one attached hydrogen (secondary N) is 1. The first-order valence-corrected chi connectivity index (χ1v) is 7.90. The Morgan fingerprint density at radius 1 is 1.47 bits per heavy atom. The van der Waals surface area contributed by atoms with E-state index in [0.29, 0.717) is 6.04 Å². The summed E-state index contributed by atoms with van der Waals surface area (Å²) in [5, 5.41) is 5.59. The number of unbranched alkanes of at least 4 members (excludes halogenated alkanes) is 1. The number of anilines is 1. The molecule has 0 bridgehead atoms. The first kappa shape index (κ1) is 14.3. The van der Waals surface area contributed by atoms with Gasteiger partial charge in [-0.1, -0.05) is 27.2 Å². The zero-order valence-electron chi connectivity index (χ0n) is 12.3. The molecule has 0 saturated heterocycles. The fraction of sp³-hybridized carbons (Fsp3) is 0.643. The summed E-state index contributed by atoms with van der Waals surface area (Å²) in [4.78, 5) is 8.13. The number of hydrogen-bond acceptors (Lipinski definition) is 4. The van der Waals surface area contributed by atoms with E-state index in [9.17, 15) is 0 Å². The van der Waals surface area contributed by atoms with Crippen LogP contribution in [0.25, 0.3) is 4.96 Å². The minimum atomic E-state index is 0.484. The van der Waals surface area contributed by atoms with Gasteiger partial charge in [0, 0.05) is 37.8 Å². The lowest BCUT2D eigenvalue weighted by Crippen LogP contribution is -2.25. The maximum Gasteiger partial charge on any atom is 0.195 e. The predicted octanol–water partition coefficient (Wildman–Crippen LogP) is 3.13.